The highest BCUT2D eigenvalue weighted by molar-refractivity contribution is 5.66. The largest absolute Gasteiger partial charge is 0.447 e. The maximum Gasteiger partial charge on any atom is 0.409 e. The minimum atomic E-state index is -1.41. The van der Waals surface area contributed by atoms with Crippen LogP contribution in [0.25, 0.3) is 0 Å². The van der Waals surface area contributed by atoms with Gasteiger partial charge < -0.3 is 24.6 Å². The predicted octanol–water partition coefficient (Wildman–Crippen LogP) is -1.64. The van der Waals surface area contributed by atoms with Crippen molar-refractivity contribution in [2.75, 3.05) is 26.2 Å². The molecule has 23 heavy (non-hydrogen) atoms. The molecule has 2 heterocycles. The highest BCUT2D eigenvalue weighted by atomic mass is 16.6. The van der Waals surface area contributed by atoms with Crippen LogP contribution in [0.3, 0.4) is 0 Å². The van der Waals surface area contributed by atoms with Crippen LogP contribution < -0.4 is 11.2 Å². The van der Waals surface area contributed by atoms with Gasteiger partial charge in [0.1, 0.15) is 24.9 Å². The number of aliphatic hydroxyl groups is 2. The Kier molecular flexibility index (Phi) is 5.15. The Labute approximate surface area is 130 Å². The number of carbonyl (C=O) groups is 1. The van der Waals surface area contributed by atoms with E-state index in [0.717, 1.165) is 4.57 Å². The molecule has 0 spiro atoms. The minimum absolute atomic E-state index is 0.0734. The third-order valence-corrected chi connectivity index (χ3v) is 3.29. The summed E-state index contributed by atoms with van der Waals surface area (Å²) in [6.45, 7) is -0.288. The van der Waals surface area contributed by atoms with E-state index in [9.17, 15) is 19.8 Å². The first kappa shape index (κ1) is 17.1. The number of ether oxygens (including phenoxy) is 2. The number of aliphatic hydroxyl groups excluding tert-OH is 2. The Morgan fingerprint density at radius 2 is 2.17 bits per heavy atom. The molecule has 1 aromatic heterocycles. The van der Waals surface area contributed by atoms with E-state index in [4.69, 9.17) is 14.7 Å². The molecule has 1 aliphatic rings. The van der Waals surface area contributed by atoms with Crippen molar-refractivity contribution in [2.24, 2.45) is 0 Å². The zero-order valence-corrected chi connectivity index (χ0v) is 12.5. The van der Waals surface area contributed by atoms with E-state index < -0.39 is 36.3 Å². The maximum atomic E-state index is 11.8. The molecule has 2 rings (SSSR count). The summed E-state index contributed by atoms with van der Waals surface area (Å²) in [6.07, 6.45) is -4.34. The first-order valence-corrected chi connectivity index (χ1v) is 6.70. The summed E-state index contributed by atoms with van der Waals surface area (Å²) in [5.41, 5.74) is 0.919. The molecule has 11 heteroatoms. The SMILES string of the molecule is CN(C)C(=O)OC[C@H]1O[C@@H](n2ccc(NO)nc2=O)[C@H](O)[C@@H]1O. The smallest absolute Gasteiger partial charge is 0.409 e. The van der Waals surface area contributed by atoms with Crippen LogP contribution in [0.1, 0.15) is 6.23 Å². The topological polar surface area (TPSA) is 146 Å². The Balaban J connectivity index is 2.10. The van der Waals surface area contributed by atoms with Gasteiger partial charge in [-0.1, -0.05) is 0 Å². The highest BCUT2D eigenvalue weighted by Gasteiger charge is 2.44. The van der Waals surface area contributed by atoms with E-state index >= 15 is 0 Å². The Hall–Kier alpha value is -2.21. The number of aromatic nitrogens is 2. The number of anilines is 1. The second kappa shape index (κ2) is 6.91. The molecule has 0 saturated carbocycles. The van der Waals surface area contributed by atoms with Gasteiger partial charge in [0.15, 0.2) is 12.0 Å². The molecule has 1 amide bonds. The lowest BCUT2D eigenvalue weighted by Gasteiger charge is -2.17. The molecule has 0 unspecified atom stereocenters. The summed E-state index contributed by atoms with van der Waals surface area (Å²) in [6, 6.07) is 1.28. The number of nitrogens with one attached hydrogen (secondary N) is 1. The number of rotatable bonds is 4. The summed E-state index contributed by atoms with van der Waals surface area (Å²) in [5, 5.41) is 28.7. The van der Waals surface area contributed by atoms with Crippen molar-refractivity contribution in [3.8, 4) is 0 Å². The number of nitrogens with zero attached hydrogens (tertiary/aromatic N) is 3. The van der Waals surface area contributed by atoms with Crippen molar-refractivity contribution in [1.29, 1.82) is 0 Å². The molecule has 11 nitrogen and oxygen atoms in total. The second-order valence-corrected chi connectivity index (χ2v) is 5.13. The molecule has 128 valence electrons. The lowest BCUT2D eigenvalue weighted by Crippen LogP contribution is -2.37. The van der Waals surface area contributed by atoms with Crippen LogP contribution in [0, 0.1) is 0 Å². The highest BCUT2D eigenvalue weighted by Crippen LogP contribution is 2.28. The molecule has 1 aromatic rings. The molecule has 4 N–H and O–H groups in total. The molecule has 0 bridgehead atoms. The molecule has 0 aliphatic carbocycles. The van der Waals surface area contributed by atoms with Crippen LogP contribution in [0.5, 0.6) is 0 Å². The molecular weight excluding hydrogens is 312 g/mol. The fourth-order valence-electron chi connectivity index (χ4n) is 2.05. The Morgan fingerprint density at radius 3 is 2.74 bits per heavy atom. The molecular formula is C12H18N4O7. The van der Waals surface area contributed by atoms with Gasteiger partial charge in [0.25, 0.3) is 0 Å². The minimum Gasteiger partial charge on any atom is -0.447 e. The van der Waals surface area contributed by atoms with Gasteiger partial charge in [0.2, 0.25) is 0 Å². The summed E-state index contributed by atoms with van der Waals surface area (Å²) in [4.78, 5) is 27.9. The fraction of sp³-hybridized carbons (Fsp3) is 0.583. The number of hydrogen-bond donors (Lipinski definition) is 4. The van der Waals surface area contributed by atoms with E-state index in [0.29, 0.717) is 0 Å². The van der Waals surface area contributed by atoms with Crippen LogP contribution in [-0.2, 0) is 9.47 Å². The molecule has 1 aliphatic heterocycles. The van der Waals surface area contributed by atoms with Crippen molar-refractivity contribution < 1.29 is 29.7 Å². The van der Waals surface area contributed by atoms with Crippen LogP contribution >= 0.6 is 0 Å². The van der Waals surface area contributed by atoms with Gasteiger partial charge in [0, 0.05) is 20.3 Å². The monoisotopic (exact) mass is 330 g/mol. The molecule has 1 fully saturated rings. The summed E-state index contributed by atoms with van der Waals surface area (Å²) in [5.74, 6) is -0.0734. The molecule has 4 atom stereocenters. The molecule has 1 saturated heterocycles. The van der Waals surface area contributed by atoms with E-state index in [1.54, 1.807) is 5.48 Å². The maximum absolute atomic E-state index is 11.8. The van der Waals surface area contributed by atoms with Gasteiger partial charge in [0.05, 0.1) is 0 Å². The van der Waals surface area contributed by atoms with E-state index in [1.807, 2.05) is 0 Å². The van der Waals surface area contributed by atoms with Crippen LogP contribution in [-0.4, -0.2) is 75.0 Å². The van der Waals surface area contributed by atoms with Gasteiger partial charge in [-0.25, -0.2) is 9.59 Å². The van der Waals surface area contributed by atoms with E-state index in [-0.39, 0.29) is 12.4 Å². The van der Waals surface area contributed by atoms with E-state index in [2.05, 4.69) is 4.98 Å². The number of hydrogen-bond acceptors (Lipinski definition) is 9. The van der Waals surface area contributed by atoms with Gasteiger partial charge in [-0.15, -0.1) is 0 Å². The average Bonchev–Trinajstić information content (AvgIpc) is 2.80. The normalized spacial score (nSPS) is 26.8. The van der Waals surface area contributed by atoms with Gasteiger partial charge in [-0.3, -0.25) is 15.3 Å². The van der Waals surface area contributed by atoms with Crippen molar-refractivity contribution in [3.05, 3.63) is 22.7 Å². The quantitative estimate of drug-likeness (QED) is 0.477. The third-order valence-electron chi connectivity index (χ3n) is 3.29. The lowest BCUT2D eigenvalue weighted by molar-refractivity contribution is -0.0587. The average molecular weight is 330 g/mol. The first-order chi connectivity index (χ1) is 10.8. The fourth-order valence-corrected chi connectivity index (χ4v) is 2.05. The van der Waals surface area contributed by atoms with Gasteiger partial charge >= 0.3 is 11.8 Å². The third kappa shape index (κ3) is 3.59. The summed E-state index contributed by atoms with van der Waals surface area (Å²) >= 11 is 0. The second-order valence-electron chi connectivity index (χ2n) is 5.13. The van der Waals surface area contributed by atoms with Crippen LogP contribution in [0.2, 0.25) is 0 Å². The number of carbonyl (C=O) groups excluding carboxylic acids is 1. The first-order valence-electron chi connectivity index (χ1n) is 6.70. The van der Waals surface area contributed by atoms with Crippen molar-refractivity contribution in [1.82, 2.24) is 14.5 Å². The van der Waals surface area contributed by atoms with Crippen LogP contribution in [0.15, 0.2) is 17.1 Å². The molecule has 0 aromatic carbocycles. The van der Waals surface area contributed by atoms with Gasteiger partial charge in [-0.2, -0.15) is 4.98 Å². The van der Waals surface area contributed by atoms with Crippen molar-refractivity contribution in [2.45, 2.75) is 24.5 Å². The lowest BCUT2D eigenvalue weighted by atomic mass is 10.1. The summed E-state index contributed by atoms with van der Waals surface area (Å²) < 4.78 is 11.3. The number of amides is 1. The Bertz CT molecular complexity index is 620. The van der Waals surface area contributed by atoms with Crippen molar-refractivity contribution in [3.63, 3.8) is 0 Å². The standard InChI is InChI=1S/C12H18N4O7/c1-15(2)12(20)22-5-6-8(17)9(18)10(23-6)16-4-3-7(14-21)13-11(16)19/h3-4,6,8-10,17-18,21H,5H2,1-2H3,(H,13,14,19)/t6-,8-,9-,10-/m1/s1. The van der Waals surface area contributed by atoms with Crippen molar-refractivity contribution >= 4 is 11.9 Å². The zero-order chi connectivity index (χ0) is 17.1. The summed E-state index contributed by atoms with van der Waals surface area (Å²) in [7, 11) is 2.99. The van der Waals surface area contributed by atoms with Crippen LogP contribution in [0.4, 0.5) is 10.6 Å². The molecule has 0 radical (unpaired) electrons. The van der Waals surface area contributed by atoms with Gasteiger partial charge in [-0.05, 0) is 6.07 Å². The van der Waals surface area contributed by atoms with E-state index in [1.165, 1.54) is 31.3 Å². The predicted molar refractivity (Wildman–Crippen MR) is 74.9 cm³/mol. The zero-order valence-electron chi connectivity index (χ0n) is 12.5. The Morgan fingerprint density at radius 1 is 1.48 bits per heavy atom.